The number of piperidine rings is 1. The van der Waals surface area contributed by atoms with Crippen LogP contribution in [0.25, 0.3) is 11.0 Å². The summed E-state index contributed by atoms with van der Waals surface area (Å²) in [4.78, 5) is 22.4. The number of likely N-dealkylation sites (tertiary alicyclic amines) is 1. The van der Waals surface area contributed by atoms with Gasteiger partial charge in [-0.05, 0) is 43.9 Å². The number of carbonyl (C=O) groups is 1. The van der Waals surface area contributed by atoms with Crippen molar-refractivity contribution < 1.29 is 4.79 Å². The van der Waals surface area contributed by atoms with Crippen molar-refractivity contribution in [3.8, 4) is 0 Å². The number of H-pyrrole nitrogens is 1. The first kappa shape index (κ1) is 16.5. The fourth-order valence-electron chi connectivity index (χ4n) is 4.43. The molecule has 1 N–H and O–H groups in total. The highest BCUT2D eigenvalue weighted by atomic mass is 16.2. The number of hydrogen-bond acceptors (Lipinski definition) is 4. The van der Waals surface area contributed by atoms with E-state index in [1.165, 1.54) is 19.3 Å². The van der Waals surface area contributed by atoms with Gasteiger partial charge in [0.15, 0.2) is 0 Å². The fourth-order valence-corrected chi connectivity index (χ4v) is 4.43. The molecule has 27 heavy (non-hydrogen) atoms. The zero-order valence-corrected chi connectivity index (χ0v) is 15.4. The Bertz CT molecular complexity index is 974. The number of aryl methyl sites for hydroxylation is 1. The van der Waals surface area contributed by atoms with Crippen LogP contribution in [-0.4, -0.2) is 48.6 Å². The van der Waals surface area contributed by atoms with Gasteiger partial charge in [0.25, 0.3) is 5.91 Å². The van der Waals surface area contributed by atoms with Crippen molar-refractivity contribution in [2.24, 2.45) is 0 Å². The monoisotopic (exact) mass is 364 g/mol. The minimum Gasteiger partial charge on any atom is -0.345 e. The van der Waals surface area contributed by atoms with E-state index in [4.69, 9.17) is 0 Å². The number of carbonyl (C=O) groups excluding carboxylic acids is 1. The Morgan fingerprint density at radius 3 is 3.04 bits per heavy atom. The van der Waals surface area contributed by atoms with Gasteiger partial charge in [-0.1, -0.05) is 6.42 Å². The molecule has 1 saturated heterocycles. The van der Waals surface area contributed by atoms with Gasteiger partial charge in [0.2, 0.25) is 0 Å². The highest BCUT2D eigenvalue weighted by Crippen LogP contribution is 2.29. The van der Waals surface area contributed by atoms with Gasteiger partial charge in [0.05, 0.1) is 17.4 Å². The van der Waals surface area contributed by atoms with Crippen LogP contribution in [-0.2, 0) is 13.0 Å². The lowest BCUT2D eigenvalue weighted by atomic mass is 9.96. The zero-order chi connectivity index (χ0) is 18.2. The van der Waals surface area contributed by atoms with Crippen molar-refractivity contribution in [2.45, 2.75) is 51.0 Å². The molecule has 0 saturated carbocycles. The minimum atomic E-state index is 0.0896. The summed E-state index contributed by atoms with van der Waals surface area (Å²) in [7, 11) is 0. The summed E-state index contributed by atoms with van der Waals surface area (Å²) in [6.45, 7) is 2.54. The van der Waals surface area contributed by atoms with E-state index in [0.717, 1.165) is 61.6 Å². The molecule has 140 valence electrons. The van der Waals surface area contributed by atoms with Gasteiger partial charge in [0.1, 0.15) is 11.6 Å². The van der Waals surface area contributed by atoms with Gasteiger partial charge in [-0.25, -0.2) is 4.98 Å². The normalized spacial score (nSPS) is 20.4. The molecule has 2 aliphatic heterocycles. The first-order valence-corrected chi connectivity index (χ1v) is 9.94. The Labute approximate surface area is 157 Å². The Hall–Kier alpha value is -2.70. The molecule has 2 aliphatic rings. The summed E-state index contributed by atoms with van der Waals surface area (Å²) < 4.78 is 2.32. The Kier molecular flexibility index (Phi) is 4.14. The molecule has 2 aromatic heterocycles. The highest BCUT2D eigenvalue weighted by Gasteiger charge is 2.30. The van der Waals surface area contributed by atoms with Crippen LogP contribution in [0.2, 0.25) is 0 Å². The zero-order valence-electron chi connectivity index (χ0n) is 15.4. The second-order valence-corrected chi connectivity index (χ2v) is 7.66. The summed E-state index contributed by atoms with van der Waals surface area (Å²) in [6.07, 6.45) is 8.40. The van der Waals surface area contributed by atoms with Crippen molar-refractivity contribution in [1.82, 2.24) is 29.6 Å². The molecule has 1 aromatic carbocycles. The van der Waals surface area contributed by atoms with Crippen molar-refractivity contribution >= 4 is 16.9 Å². The maximum atomic E-state index is 13.1. The van der Waals surface area contributed by atoms with Crippen LogP contribution in [0.1, 0.15) is 60.0 Å². The third-order valence-corrected chi connectivity index (χ3v) is 5.88. The van der Waals surface area contributed by atoms with Crippen LogP contribution in [0.5, 0.6) is 0 Å². The molecule has 1 amide bonds. The van der Waals surface area contributed by atoms with E-state index in [1.54, 1.807) is 6.33 Å². The fraction of sp³-hybridized carbons (Fsp3) is 0.500. The SMILES string of the molecule is O=C(c1ccc2nc[nH]c2c1)N1CCC[C@H](c2nnc3n2CCCCC3)C1. The predicted molar refractivity (Wildman–Crippen MR) is 102 cm³/mol. The van der Waals surface area contributed by atoms with E-state index in [2.05, 4.69) is 24.7 Å². The average Bonchev–Trinajstić information content (AvgIpc) is 3.28. The number of amides is 1. The van der Waals surface area contributed by atoms with Gasteiger partial charge in [0, 0.05) is 37.5 Å². The van der Waals surface area contributed by atoms with Crippen LogP contribution in [0.4, 0.5) is 0 Å². The predicted octanol–water partition coefficient (Wildman–Crippen LogP) is 2.90. The standard InChI is InChI=1S/C20H24N6O/c27-20(14-7-8-16-17(11-14)22-13-21-16)25-9-4-5-15(12-25)19-24-23-18-6-2-1-3-10-26(18)19/h7-8,11,13,15H,1-6,9-10,12H2,(H,21,22)/t15-/m0/s1. The van der Waals surface area contributed by atoms with Crippen molar-refractivity contribution in [3.63, 3.8) is 0 Å². The number of rotatable bonds is 2. The van der Waals surface area contributed by atoms with E-state index in [9.17, 15) is 4.79 Å². The molecule has 0 aliphatic carbocycles. The molecule has 0 bridgehead atoms. The number of aromatic nitrogens is 5. The third-order valence-electron chi connectivity index (χ3n) is 5.88. The molecule has 0 radical (unpaired) electrons. The van der Waals surface area contributed by atoms with E-state index < -0.39 is 0 Å². The number of nitrogens with one attached hydrogen (secondary N) is 1. The van der Waals surface area contributed by atoms with E-state index in [1.807, 2.05) is 23.1 Å². The van der Waals surface area contributed by atoms with Gasteiger partial charge in [-0.3, -0.25) is 4.79 Å². The topological polar surface area (TPSA) is 79.7 Å². The largest absolute Gasteiger partial charge is 0.345 e. The smallest absolute Gasteiger partial charge is 0.253 e. The molecule has 0 spiro atoms. The van der Waals surface area contributed by atoms with Gasteiger partial charge >= 0.3 is 0 Å². The van der Waals surface area contributed by atoms with Crippen LogP contribution in [0.3, 0.4) is 0 Å². The Morgan fingerprint density at radius 2 is 2.07 bits per heavy atom. The van der Waals surface area contributed by atoms with E-state index >= 15 is 0 Å². The lowest BCUT2D eigenvalue weighted by Crippen LogP contribution is -2.39. The quantitative estimate of drug-likeness (QED) is 0.758. The molecular formula is C20H24N6O. The maximum absolute atomic E-state index is 13.1. The molecular weight excluding hydrogens is 340 g/mol. The lowest BCUT2D eigenvalue weighted by Gasteiger charge is -2.32. The van der Waals surface area contributed by atoms with Gasteiger partial charge in [-0.2, -0.15) is 0 Å². The van der Waals surface area contributed by atoms with Crippen LogP contribution in [0.15, 0.2) is 24.5 Å². The number of fused-ring (bicyclic) bond motifs is 2. The highest BCUT2D eigenvalue weighted by molar-refractivity contribution is 5.97. The summed E-state index contributed by atoms with van der Waals surface area (Å²) in [5.74, 6) is 2.56. The van der Waals surface area contributed by atoms with Crippen LogP contribution in [0, 0.1) is 0 Å². The average molecular weight is 364 g/mol. The van der Waals surface area contributed by atoms with Gasteiger partial charge < -0.3 is 14.5 Å². The number of aromatic amines is 1. The van der Waals surface area contributed by atoms with Crippen LogP contribution < -0.4 is 0 Å². The number of hydrogen-bond donors (Lipinski definition) is 1. The number of benzene rings is 1. The van der Waals surface area contributed by atoms with Crippen molar-refractivity contribution in [1.29, 1.82) is 0 Å². The second kappa shape index (κ2) is 6.79. The number of imidazole rings is 1. The molecule has 3 aromatic rings. The third kappa shape index (κ3) is 3.01. The molecule has 1 atom stereocenters. The molecule has 0 unspecified atom stereocenters. The van der Waals surface area contributed by atoms with Crippen molar-refractivity contribution in [2.75, 3.05) is 13.1 Å². The first-order valence-electron chi connectivity index (χ1n) is 9.94. The molecule has 1 fully saturated rings. The van der Waals surface area contributed by atoms with E-state index in [-0.39, 0.29) is 11.8 Å². The van der Waals surface area contributed by atoms with Crippen LogP contribution >= 0.6 is 0 Å². The Balaban J connectivity index is 1.37. The maximum Gasteiger partial charge on any atom is 0.253 e. The minimum absolute atomic E-state index is 0.0896. The van der Waals surface area contributed by atoms with E-state index in [0.29, 0.717) is 5.56 Å². The summed E-state index contributed by atoms with van der Waals surface area (Å²) >= 11 is 0. The molecule has 4 heterocycles. The summed E-state index contributed by atoms with van der Waals surface area (Å²) in [5, 5.41) is 8.97. The lowest BCUT2D eigenvalue weighted by molar-refractivity contribution is 0.0703. The van der Waals surface area contributed by atoms with Gasteiger partial charge in [-0.15, -0.1) is 10.2 Å². The summed E-state index contributed by atoms with van der Waals surface area (Å²) in [5.41, 5.74) is 2.50. The molecule has 7 heteroatoms. The Morgan fingerprint density at radius 1 is 1.11 bits per heavy atom. The number of nitrogens with zero attached hydrogens (tertiary/aromatic N) is 5. The van der Waals surface area contributed by atoms with Crippen molar-refractivity contribution in [3.05, 3.63) is 41.7 Å². The molecule has 5 rings (SSSR count). The molecule has 7 nitrogen and oxygen atoms in total. The first-order chi connectivity index (χ1) is 13.3. The summed E-state index contributed by atoms with van der Waals surface area (Å²) in [6, 6.07) is 5.68. The second-order valence-electron chi connectivity index (χ2n) is 7.66.